The summed E-state index contributed by atoms with van der Waals surface area (Å²) in [5.41, 5.74) is 7.90. The lowest BCUT2D eigenvalue weighted by molar-refractivity contribution is -0.138. The number of benzene rings is 6. The van der Waals surface area contributed by atoms with E-state index < -0.39 is 11.9 Å². The molecule has 0 aliphatic rings. The predicted molar refractivity (Wildman–Crippen MR) is 219 cm³/mol. The molecule has 7 rings (SSSR count). The van der Waals surface area contributed by atoms with E-state index in [-0.39, 0.29) is 13.2 Å². The zero-order chi connectivity index (χ0) is 38.1. The SMILES string of the molecule is C=CC(=O)OCCCOc1ccc(N(c2ccc(OCCCOC(=O)C=C)cc2)c2ccc(C)c(-c3ccc4oc5cc6ccccc6cc5c4c3)c2)cc1. The van der Waals surface area contributed by atoms with Crippen LogP contribution in [-0.4, -0.2) is 38.4 Å². The Balaban J connectivity index is 1.18. The number of aryl methyl sites for hydroxylation is 1. The number of anilines is 3. The molecule has 0 atom stereocenters. The first-order chi connectivity index (χ1) is 26.9. The van der Waals surface area contributed by atoms with Crippen LogP contribution in [0.15, 0.2) is 151 Å². The Morgan fingerprint density at radius 2 is 1.15 bits per heavy atom. The summed E-state index contributed by atoms with van der Waals surface area (Å²) in [6, 6.07) is 41.4. The van der Waals surface area contributed by atoms with Crippen molar-refractivity contribution in [3.8, 4) is 22.6 Å². The Bertz CT molecular complexity index is 2410. The van der Waals surface area contributed by atoms with E-state index in [1.165, 1.54) is 5.39 Å². The summed E-state index contributed by atoms with van der Waals surface area (Å²) < 4.78 is 28.3. The third-order valence-electron chi connectivity index (χ3n) is 9.25. The van der Waals surface area contributed by atoms with Gasteiger partial charge in [-0.2, -0.15) is 0 Å². The first-order valence-electron chi connectivity index (χ1n) is 18.2. The van der Waals surface area contributed by atoms with Crippen LogP contribution in [0.1, 0.15) is 18.4 Å². The van der Waals surface area contributed by atoms with Gasteiger partial charge in [-0.15, -0.1) is 0 Å². The van der Waals surface area contributed by atoms with Crippen molar-refractivity contribution in [1.82, 2.24) is 0 Å². The first-order valence-corrected chi connectivity index (χ1v) is 18.2. The fraction of sp³-hybridized carbons (Fsp3) is 0.149. The molecule has 276 valence electrons. The van der Waals surface area contributed by atoms with Gasteiger partial charge in [0.25, 0.3) is 0 Å². The van der Waals surface area contributed by atoms with Crippen LogP contribution in [-0.2, 0) is 19.1 Å². The quantitative estimate of drug-likeness (QED) is 0.0551. The van der Waals surface area contributed by atoms with Crippen LogP contribution in [0.25, 0.3) is 43.8 Å². The van der Waals surface area contributed by atoms with Gasteiger partial charge in [-0.1, -0.05) is 49.6 Å². The van der Waals surface area contributed by atoms with Gasteiger partial charge in [0, 0.05) is 52.8 Å². The smallest absolute Gasteiger partial charge is 0.330 e. The summed E-state index contributed by atoms with van der Waals surface area (Å²) in [5, 5.41) is 4.48. The van der Waals surface area contributed by atoms with Crippen LogP contribution in [0.2, 0.25) is 0 Å². The standard InChI is InChI=1S/C47H41NO7/c1-4-46(49)53-26-8-24-51-39-19-15-36(16-20-39)48(37-17-21-40(22-18-37)52-25-9-27-54-47(50)5-2)38-14-12-32(3)41(31-38)35-13-23-44-42(29-35)43-28-33-10-6-7-11-34(33)30-45(43)55-44/h4-7,10-23,28-31H,1-2,8-9,24-27H2,3H3. The number of ether oxygens (including phenoxy) is 4. The number of esters is 2. The molecule has 0 saturated heterocycles. The highest BCUT2D eigenvalue weighted by atomic mass is 16.5. The van der Waals surface area contributed by atoms with Crippen LogP contribution >= 0.6 is 0 Å². The number of carbonyl (C=O) groups is 2. The van der Waals surface area contributed by atoms with E-state index in [1.54, 1.807) is 0 Å². The van der Waals surface area contributed by atoms with Crippen LogP contribution in [0.4, 0.5) is 17.1 Å². The van der Waals surface area contributed by atoms with Gasteiger partial charge < -0.3 is 28.3 Å². The number of rotatable bonds is 16. The summed E-state index contributed by atoms with van der Waals surface area (Å²) in [7, 11) is 0. The Morgan fingerprint density at radius 3 is 1.73 bits per heavy atom. The van der Waals surface area contributed by atoms with Crippen molar-refractivity contribution < 1.29 is 33.0 Å². The molecule has 0 aliphatic carbocycles. The summed E-state index contributed by atoms with van der Waals surface area (Å²) in [5.74, 6) is 0.525. The van der Waals surface area contributed by atoms with Gasteiger partial charge in [0.2, 0.25) is 0 Å². The van der Waals surface area contributed by atoms with Crippen molar-refractivity contribution in [3.63, 3.8) is 0 Å². The average molecular weight is 732 g/mol. The molecule has 6 aromatic carbocycles. The summed E-state index contributed by atoms with van der Waals surface area (Å²) >= 11 is 0. The summed E-state index contributed by atoms with van der Waals surface area (Å²) in [6.45, 7) is 10.3. The third kappa shape index (κ3) is 8.55. The molecule has 55 heavy (non-hydrogen) atoms. The van der Waals surface area contributed by atoms with Gasteiger partial charge >= 0.3 is 11.9 Å². The fourth-order valence-corrected chi connectivity index (χ4v) is 6.48. The van der Waals surface area contributed by atoms with Crippen LogP contribution < -0.4 is 14.4 Å². The minimum atomic E-state index is -0.445. The van der Waals surface area contributed by atoms with Crippen molar-refractivity contribution >= 4 is 61.7 Å². The number of hydrogen-bond donors (Lipinski definition) is 0. The van der Waals surface area contributed by atoms with Crippen molar-refractivity contribution in [1.29, 1.82) is 0 Å². The molecule has 8 heteroatoms. The fourth-order valence-electron chi connectivity index (χ4n) is 6.48. The lowest BCUT2D eigenvalue weighted by atomic mass is 9.97. The molecule has 8 nitrogen and oxygen atoms in total. The van der Waals surface area contributed by atoms with E-state index in [0.717, 1.165) is 73.2 Å². The maximum atomic E-state index is 11.3. The van der Waals surface area contributed by atoms with E-state index in [2.05, 4.69) is 91.7 Å². The molecule has 0 bridgehead atoms. The largest absolute Gasteiger partial charge is 0.493 e. The number of furan rings is 1. The molecule has 7 aromatic rings. The van der Waals surface area contributed by atoms with E-state index in [4.69, 9.17) is 23.4 Å². The maximum Gasteiger partial charge on any atom is 0.330 e. The van der Waals surface area contributed by atoms with E-state index in [0.29, 0.717) is 37.6 Å². The number of fused-ring (bicyclic) bond motifs is 4. The predicted octanol–water partition coefficient (Wildman–Crippen LogP) is 11.2. The highest BCUT2D eigenvalue weighted by Gasteiger charge is 2.17. The second-order valence-corrected chi connectivity index (χ2v) is 13.0. The minimum absolute atomic E-state index is 0.260. The van der Waals surface area contributed by atoms with E-state index in [1.807, 2.05) is 54.6 Å². The second kappa shape index (κ2) is 16.9. The van der Waals surface area contributed by atoms with Crippen LogP contribution in [0, 0.1) is 6.92 Å². The molecule has 0 spiro atoms. The molecule has 0 amide bonds. The molecule has 0 aliphatic heterocycles. The van der Waals surface area contributed by atoms with Gasteiger partial charge in [0.15, 0.2) is 0 Å². The number of hydrogen-bond acceptors (Lipinski definition) is 8. The molecule has 0 fully saturated rings. The van der Waals surface area contributed by atoms with Gasteiger partial charge in [-0.05, 0) is 119 Å². The lowest BCUT2D eigenvalue weighted by Crippen LogP contribution is -2.11. The number of nitrogens with zero attached hydrogens (tertiary/aromatic N) is 1. The summed E-state index contributed by atoms with van der Waals surface area (Å²) in [6.07, 6.45) is 3.42. The zero-order valence-electron chi connectivity index (χ0n) is 30.7. The molecule has 0 unspecified atom stereocenters. The van der Waals surface area contributed by atoms with Crippen LogP contribution in [0.3, 0.4) is 0 Å². The van der Waals surface area contributed by atoms with E-state index in [9.17, 15) is 9.59 Å². The monoisotopic (exact) mass is 731 g/mol. The molecular formula is C47H41NO7. The Morgan fingerprint density at radius 1 is 0.600 bits per heavy atom. The normalized spacial score (nSPS) is 11.0. The van der Waals surface area contributed by atoms with Crippen molar-refractivity contribution in [2.75, 3.05) is 31.3 Å². The summed E-state index contributed by atoms with van der Waals surface area (Å²) in [4.78, 5) is 24.9. The topological polar surface area (TPSA) is 87.4 Å². The highest BCUT2D eigenvalue weighted by molar-refractivity contribution is 6.11. The van der Waals surface area contributed by atoms with Crippen molar-refractivity contribution in [2.45, 2.75) is 19.8 Å². The Hall–Kier alpha value is -6.80. The molecule has 0 saturated carbocycles. The Kier molecular flexibility index (Phi) is 11.2. The highest BCUT2D eigenvalue weighted by Crippen LogP contribution is 2.40. The maximum absolute atomic E-state index is 11.3. The molecular weight excluding hydrogens is 691 g/mol. The molecule has 0 radical (unpaired) electrons. The second-order valence-electron chi connectivity index (χ2n) is 13.0. The van der Waals surface area contributed by atoms with Gasteiger partial charge in [-0.3, -0.25) is 0 Å². The molecule has 1 aromatic heterocycles. The van der Waals surface area contributed by atoms with E-state index >= 15 is 0 Å². The van der Waals surface area contributed by atoms with Crippen LogP contribution in [0.5, 0.6) is 11.5 Å². The van der Waals surface area contributed by atoms with Gasteiger partial charge in [-0.25, -0.2) is 9.59 Å². The van der Waals surface area contributed by atoms with Gasteiger partial charge in [0.1, 0.15) is 22.7 Å². The molecule has 0 N–H and O–H groups in total. The lowest BCUT2D eigenvalue weighted by Gasteiger charge is -2.27. The molecule has 1 heterocycles. The zero-order valence-corrected chi connectivity index (χ0v) is 30.7. The Labute approximate surface area is 319 Å². The third-order valence-corrected chi connectivity index (χ3v) is 9.25. The van der Waals surface area contributed by atoms with Crippen molar-refractivity contribution in [2.24, 2.45) is 0 Å². The number of carbonyl (C=O) groups excluding carboxylic acids is 2. The minimum Gasteiger partial charge on any atom is -0.493 e. The average Bonchev–Trinajstić information content (AvgIpc) is 3.57. The van der Waals surface area contributed by atoms with Crippen molar-refractivity contribution in [3.05, 3.63) is 152 Å². The van der Waals surface area contributed by atoms with Gasteiger partial charge in [0.05, 0.1) is 26.4 Å². The first kappa shape index (κ1) is 36.6.